The van der Waals surface area contributed by atoms with Gasteiger partial charge >= 0.3 is 5.69 Å². The summed E-state index contributed by atoms with van der Waals surface area (Å²) in [6, 6.07) is 10.1. The van der Waals surface area contributed by atoms with E-state index in [2.05, 4.69) is 4.98 Å². The van der Waals surface area contributed by atoms with Crippen LogP contribution in [0.1, 0.15) is 5.56 Å². The van der Waals surface area contributed by atoms with Crippen molar-refractivity contribution in [1.29, 1.82) is 0 Å². The van der Waals surface area contributed by atoms with Gasteiger partial charge in [-0.25, -0.2) is 9.38 Å². The van der Waals surface area contributed by atoms with Crippen molar-refractivity contribution in [2.45, 2.75) is 0 Å². The molecule has 2 heterocycles. The van der Waals surface area contributed by atoms with Gasteiger partial charge in [-0.3, -0.25) is 14.9 Å². The normalized spacial score (nSPS) is 12.0. The first kappa shape index (κ1) is 17.0. The zero-order valence-electron chi connectivity index (χ0n) is 14.3. The van der Waals surface area contributed by atoms with E-state index in [9.17, 15) is 14.9 Å². The number of fused-ring (bicyclic) bond motifs is 3. The Hall–Kier alpha value is -3.46. The summed E-state index contributed by atoms with van der Waals surface area (Å²) in [5, 5.41) is 11.3. The lowest BCUT2D eigenvalue weighted by Crippen LogP contribution is -2.22. The topological polar surface area (TPSA) is 96.0 Å². The van der Waals surface area contributed by atoms with E-state index >= 15 is 0 Å². The Kier molecular flexibility index (Phi) is 4.00. The molecular weight excluding hydrogens is 370 g/mol. The fourth-order valence-corrected chi connectivity index (χ4v) is 3.89. The highest BCUT2D eigenvalue weighted by molar-refractivity contribution is 7.15. The molecule has 0 spiro atoms. The molecule has 0 N–H and O–H groups in total. The molecule has 27 heavy (non-hydrogen) atoms. The summed E-state index contributed by atoms with van der Waals surface area (Å²) in [5.41, 5.74) is 1.44. The Balaban J connectivity index is 1.98. The Morgan fingerprint density at radius 2 is 1.93 bits per heavy atom. The number of methoxy groups -OCH3 is 2. The second-order valence-electron chi connectivity index (χ2n) is 5.66. The first-order chi connectivity index (χ1) is 13.0. The summed E-state index contributed by atoms with van der Waals surface area (Å²) in [5.74, 6) is 0.455. The molecule has 0 aliphatic rings. The molecule has 0 atom stereocenters. The van der Waals surface area contributed by atoms with Gasteiger partial charge in [0.15, 0.2) is 4.96 Å². The number of thiazole rings is 1. The number of hydrogen-bond donors (Lipinski definition) is 0. The number of imidazole rings is 1. The quantitative estimate of drug-likeness (QED) is 0.397. The number of hydrogen-bond acceptors (Lipinski definition) is 7. The van der Waals surface area contributed by atoms with Gasteiger partial charge in [0.2, 0.25) is 5.75 Å². The van der Waals surface area contributed by atoms with Crippen LogP contribution in [-0.4, -0.2) is 28.5 Å². The predicted molar refractivity (Wildman–Crippen MR) is 102 cm³/mol. The fraction of sp³-hybridized carbons (Fsp3) is 0.111. The molecule has 0 radical (unpaired) electrons. The third kappa shape index (κ3) is 2.68. The van der Waals surface area contributed by atoms with Gasteiger partial charge in [0.25, 0.3) is 5.56 Å². The van der Waals surface area contributed by atoms with E-state index in [4.69, 9.17) is 9.47 Å². The van der Waals surface area contributed by atoms with Crippen molar-refractivity contribution in [1.82, 2.24) is 9.38 Å². The van der Waals surface area contributed by atoms with Gasteiger partial charge in [-0.1, -0.05) is 23.5 Å². The van der Waals surface area contributed by atoms with Crippen LogP contribution in [0.2, 0.25) is 0 Å². The maximum absolute atomic E-state index is 12.9. The zero-order valence-corrected chi connectivity index (χ0v) is 15.1. The minimum atomic E-state index is -0.539. The minimum Gasteiger partial charge on any atom is -0.496 e. The lowest BCUT2D eigenvalue weighted by molar-refractivity contribution is -0.385. The van der Waals surface area contributed by atoms with Crippen LogP contribution in [0.5, 0.6) is 11.5 Å². The summed E-state index contributed by atoms with van der Waals surface area (Å²) in [4.78, 5) is 28.6. The summed E-state index contributed by atoms with van der Waals surface area (Å²) in [7, 11) is 2.80. The van der Waals surface area contributed by atoms with Crippen LogP contribution in [0, 0.1) is 10.1 Å². The molecule has 9 heteroatoms. The van der Waals surface area contributed by atoms with Gasteiger partial charge in [-0.05, 0) is 18.2 Å². The zero-order chi connectivity index (χ0) is 19.1. The van der Waals surface area contributed by atoms with Crippen molar-refractivity contribution in [2.75, 3.05) is 14.2 Å². The monoisotopic (exact) mass is 383 g/mol. The molecule has 0 unspecified atom stereocenters. The molecule has 2 aromatic carbocycles. The standard InChI is InChI=1S/C18H13N3O5S/c1-25-14-9-15(26-2)13(21(23)24)7-10(14)8-16-17(22)20-12-6-4-3-5-11(12)19-18(20)27-16/h3-9H,1-2H3/b16-8-. The van der Waals surface area contributed by atoms with Crippen LogP contribution in [0.25, 0.3) is 22.1 Å². The number of para-hydroxylation sites is 2. The third-order valence-corrected chi connectivity index (χ3v) is 5.13. The molecular formula is C18H13N3O5S. The van der Waals surface area contributed by atoms with Crippen LogP contribution < -0.4 is 19.6 Å². The number of benzene rings is 2. The number of nitro benzene ring substituents is 1. The number of nitro groups is 1. The molecule has 0 aliphatic heterocycles. The number of rotatable bonds is 4. The van der Waals surface area contributed by atoms with Crippen molar-refractivity contribution >= 4 is 39.1 Å². The molecule has 2 aromatic heterocycles. The Morgan fingerprint density at radius 1 is 1.19 bits per heavy atom. The van der Waals surface area contributed by atoms with Crippen molar-refractivity contribution in [3.63, 3.8) is 0 Å². The van der Waals surface area contributed by atoms with Crippen LogP contribution in [0.3, 0.4) is 0 Å². The summed E-state index contributed by atoms with van der Waals surface area (Å²) in [6.45, 7) is 0. The largest absolute Gasteiger partial charge is 0.496 e. The van der Waals surface area contributed by atoms with Gasteiger partial charge in [-0.15, -0.1) is 0 Å². The smallest absolute Gasteiger partial charge is 0.311 e. The van der Waals surface area contributed by atoms with Crippen molar-refractivity contribution in [3.8, 4) is 11.5 Å². The predicted octanol–water partition coefficient (Wildman–Crippen LogP) is 2.38. The molecule has 4 aromatic rings. The number of nitrogens with zero attached hydrogens (tertiary/aromatic N) is 3. The molecule has 8 nitrogen and oxygen atoms in total. The van der Waals surface area contributed by atoms with Crippen molar-refractivity contribution in [2.24, 2.45) is 0 Å². The molecule has 4 rings (SSSR count). The maximum Gasteiger partial charge on any atom is 0.311 e. The maximum atomic E-state index is 12.9. The number of aromatic nitrogens is 2. The van der Waals surface area contributed by atoms with Crippen molar-refractivity contribution in [3.05, 3.63) is 67.0 Å². The lowest BCUT2D eigenvalue weighted by Gasteiger charge is -2.08. The second kappa shape index (κ2) is 6.36. The third-order valence-electron chi connectivity index (χ3n) is 4.16. The fourth-order valence-electron chi connectivity index (χ4n) is 2.91. The Labute approximate surface area is 156 Å². The summed E-state index contributed by atoms with van der Waals surface area (Å²) < 4.78 is 12.3. The summed E-state index contributed by atoms with van der Waals surface area (Å²) >= 11 is 1.22. The SMILES string of the molecule is COc1cc(OC)c([N+](=O)[O-])cc1/C=c1\sc2nc3ccccc3n2c1=O. The second-order valence-corrected chi connectivity index (χ2v) is 6.67. The van der Waals surface area contributed by atoms with Gasteiger partial charge in [-0.2, -0.15) is 0 Å². The van der Waals surface area contributed by atoms with Gasteiger partial charge in [0.1, 0.15) is 5.75 Å². The van der Waals surface area contributed by atoms with E-state index < -0.39 is 4.92 Å². The van der Waals surface area contributed by atoms with E-state index in [0.717, 1.165) is 11.0 Å². The highest BCUT2D eigenvalue weighted by Gasteiger charge is 2.19. The average molecular weight is 383 g/mol. The summed E-state index contributed by atoms with van der Waals surface area (Å²) in [6.07, 6.45) is 1.57. The van der Waals surface area contributed by atoms with E-state index in [1.807, 2.05) is 24.3 Å². The van der Waals surface area contributed by atoms with E-state index in [-0.39, 0.29) is 17.0 Å². The first-order valence-electron chi connectivity index (χ1n) is 7.85. The number of ether oxygens (including phenoxy) is 2. The van der Waals surface area contributed by atoms with E-state index in [0.29, 0.717) is 20.8 Å². The molecule has 0 bridgehead atoms. The van der Waals surface area contributed by atoms with E-state index in [1.54, 1.807) is 6.08 Å². The van der Waals surface area contributed by atoms with Gasteiger partial charge < -0.3 is 9.47 Å². The molecule has 0 saturated carbocycles. The van der Waals surface area contributed by atoms with Gasteiger partial charge in [0.05, 0.1) is 34.7 Å². The molecule has 0 fully saturated rings. The first-order valence-corrected chi connectivity index (χ1v) is 8.67. The molecule has 0 aliphatic carbocycles. The van der Waals surface area contributed by atoms with Gasteiger partial charge in [0, 0.05) is 17.7 Å². The highest BCUT2D eigenvalue weighted by atomic mass is 32.1. The van der Waals surface area contributed by atoms with E-state index in [1.165, 1.54) is 42.1 Å². The average Bonchev–Trinajstić information content (AvgIpc) is 3.17. The molecule has 0 amide bonds. The van der Waals surface area contributed by atoms with Crippen LogP contribution in [0.15, 0.2) is 41.2 Å². The Bertz CT molecular complexity index is 1310. The van der Waals surface area contributed by atoms with Crippen molar-refractivity contribution < 1.29 is 14.4 Å². The Morgan fingerprint density at radius 3 is 2.63 bits per heavy atom. The lowest BCUT2D eigenvalue weighted by atomic mass is 10.1. The highest BCUT2D eigenvalue weighted by Crippen LogP contribution is 2.34. The van der Waals surface area contributed by atoms with Crippen LogP contribution in [0.4, 0.5) is 5.69 Å². The van der Waals surface area contributed by atoms with Crippen LogP contribution in [-0.2, 0) is 0 Å². The van der Waals surface area contributed by atoms with Crippen LogP contribution >= 0.6 is 11.3 Å². The molecule has 136 valence electrons. The minimum absolute atomic E-state index is 0.0864. The molecule has 0 saturated heterocycles.